The molecule has 5 nitrogen and oxygen atoms in total. The molecule has 1 saturated carbocycles. The van der Waals surface area contributed by atoms with E-state index in [-0.39, 0.29) is 12.0 Å². The van der Waals surface area contributed by atoms with Crippen molar-refractivity contribution in [3.8, 4) is 0 Å². The van der Waals surface area contributed by atoms with Crippen LogP contribution in [0.3, 0.4) is 0 Å². The Morgan fingerprint density at radius 2 is 2.06 bits per heavy atom. The van der Waals surface area contributed by atoms with Crippen LogP contribution in [0.1, 0.15) is 26.7 Å². The van der Waals surface area contributed by atoms with Crippen molar-refractivity contribution in [3.63, 3.8) is 0 Å². The van der Waals surface area contributed by atoms with Gasteiger partial charge in [0.15, 0.2) is 0 Å². The highest BCUT2D eigenvalue weighted by atomic mass is 16.5. The molecule has 0 saturated heterocycles. The molecule has 1 fully saturated rings. The molecule has 0 heterocycles. The Hall–Kier alpha value is -0.650. The second-order valence-electron chi connectivity index (χ2n) is 5.10. The Morgan fingerprint density at radius 1 is 1.39 bits per heavy atom. The maximum absolute atomic E-state index is 11.8. The topological polar surface area (TPSA) is 50.8 Å². The molecule has 0 spiro atoms. The molecule has 0 aromatic heterocycles. The van der Waals surface area contributed by atoms with Gasteiger partial charge in [0.25, 0.3) is 0 Å². The second-order valence-corrected chi connectivity index (χ2v) is 5.10. The zero-order chi connectivity index (χ0) is 13.5. The van der Waals surface area contributed by atoms with E-state index in [9.17, 15) is 4.79 Å². The van der Waals surface area contributed by atoms with Crippen LogP contribution in [0.25, 0.3) is 0 Å². The number of hydrogen-bond acceptors (Lipinski definition) is 5. The van der Waals surface area contributed by atoms with Crippen LogP contribution in [0, 0.1) is 0 Å². The van der Waals surface area contributed by atoms with Gasteiger partial charge in [0.2, 0.25) is 0 Å². The lowest BCUT2D eigenvalue weighted by Gasteiger charge is -2.29. The van der Waals surface area contributed by atoms with Gasteiger partial charge >= 0.3 is 5.97 Å². The molecule has 0 aromatic carbocycles. The average Bonchev–Trinajstić information content (AvgIpc) is 3.15. The fraction of sp³-hybridized carbons (Fsp3) is 0.923. The first-order valence-corrected chi connectivity index (χ1v) is 6.65. The smallest absolute Gasteiger partial charge is 0.324 e. The van der Waals surface area contributed by atoms with Crippen LogP contribution in [-0.4, -0.2) is 62.9 Å². The zero-order valence-corrected chi connectivity index (χ0v) is 11.9. The molecular formula is C13H26N2O3. The van der Waals surface area contributed by atoms with Crippen molar-refractivity contribution in [2.24, 2.45) is 0 Å². The summed E-state index contributed by atoms with van der Waals surface area (Å²) in [5, 5.41) is 3.35. The van der Waals surface area contributed by atoms with Crippen LogP contribution in [0.2, 0.25) is 0 Å². The highest BCUT2D eigenvalue weighted by molar-refractivity contribution is 5.76. The molecule has 0 bridgehead atoms. The molecule has 1 aliphatic rings. The third kappa shape index (κ3) is 5.33. The number of carbonyl (C=O) groups is 1. The van der Waals surface area contributed by atoms with Crippen molar-refractivity contribution in [3.05, 3.63) is 0 Å². The summed E-state index contributed by atoms with van der Waals surface area (Å²) in [6, 6.07) is 0.639. The van der Waals surface area contributed by atoms with Crippen molar-refractivity contribution >= 4 is 5.97 Å². The molecule has 0 amide bonds. The van der Waals surface area contributed by atoms with Gasteiger partial charge in [-0.05, 0) is 26.7 Å². The first-order valence-electron chi connectivity index (χ1n) is 6.65. The van der Waals surface area contributed by atoms with E-state index in [1.807, 2.05) is 0 Å². The van der Waals surface area contributed by atoms with E-state index in [0.29, 0.717) is 25.2 Å². The minimum Gasteiger partial charge on any atom is -0.468 e. The Morgan fingerprint density at radius 3 is 2.50 bits per heavy atom. The van der Waals surface area contributed by atoms with Crippen molar-refractivity contribution < 1.29 is 14.3 Å². The second kappa shape index (κ2) is 7.71. The monoisotopic (exact) mass is 258 g/mol. The summed E-state index contributed by atoms with van der Waals surface area (Å²) in [5.74, 6) is -0.176. The van der Waals surface area contributed by atoms with E-state index in [0.717, 1.165) is 19.4 Å². The fourth-order valence-corrected chi connectivity index (χ4v) is 1.88. The average molecular weight is 258 g/mol. The molecule has 18 heavy (non-hydrogen) atoms. The highest BCUT2D eigenvalue weighted by Gasteiger charge is 2.30. The highest BCUT2D eigenvalue weighted by Crippen LogP contribution is 2.20. The molecule has 1 unspecified atom stereocenters. The Labute approximate surface area is 110 Å². The summed E-state index contributed by atoms with van der Waals surface area (Å²) >= 11 is 0. The van der Waals surface area contributed by atoms with Gasteiger partial charge in [0, 0.05) is 32.3 Å². The third-order valence-corrected chi connectivity index (χ3v) is 3.23. The quantitative estimate of drug-likeness (QED) is 0.615. The zero-order valence-electron chi connectivity index (χ0n) is 11.9. The van der Waals surface area contributed by atoms with Gasteiger partial charge in [0.1, 0.15) is 6.04 Å². The summed E-state index contributed by atoms with van der Waals surface area (Å²) in [6.45, 7) is 6.43. The van der Waals surface area contributed by atoms with Gasteiger partial charge in [-0.3, -0.25) is 9.69 Å². The van der Waals surface area contributed by atoms with Gasteiger partial charge in [0.05, 0.1) is 13.7 Å². The lowest BCUT2D eigenvalue weighted by molar-refractivity contribution is -0.143. The van der Waals surface area contributed by atoms with Crippen molar-refractivity contribution in [2.45, 2.75) is 44.8 Å². The molecular weight excluding hydrogens is 232 g/mol. The largest absolute Gasteiger partial charge is 0.468 e. The minimum atomic E-state index is -0.234. The number of methoxy groups -OCH3 is 2. The molecule has 5 heteroatoms. The normalized spacial score (nSPS) is 17.2. The molecule has 1 N–H and O–H groups in total. The lowest BCUT2D eigenvalue weighted by atomic mass is 10.2. The van der Waals surface area contributed by atoms with E-state index >= 15 is 0 Å². The summed E-state index contributed by atoms with van der Waals surface area (Å²) in [5.41, 5.74) is 0. The molecule has 0 aliphatic heterocycles. The molecule has 106 valence electrons. The van der Waals surface area contributed by atoms with E-state index < -0.39 is 0 Å². The summed E-state index contributed by atoms with van der Waals surface area (Å²) in [7, 11) is 3.14. The SMILES string of the molecule is COCCN(CC(NC1CC1)C(=O)OC)C(C)C. The van der Waals surface area contributed by atoms with E-state index in [1.54, 1.807) is 7.11 Å². The van der Waals surface area contributed by atoms with Gasteiger partial charge < -0.3 is 14.8 Å². The number of carbonyl (C=O) groups excluding carboxylic acids is 1. The first-order chi connectivity index (χ1) is 8.58. The maximum atomic E-state index is 11.8. The number of esters is 1. The number of ether oxygens (including phenoxy) is 2. The molecule has 0 aromatic rings. The lowest BCUT2D eigenvalue weighted by Crippen LogP contribution is -2.50. The van der Waals surface area contributed by atoms with E-state index in [4.69, 9.17) is 9.47 Å². The van der Waals surface area contributed by atoms with Crippen LogP contribution in [0.5, 0.6) is 0 Å². The summed E-state index contributed by atoms with van der Waals surface area (Å²) < 4.78 is 9.97. The Balaban J connectivity index is 2.50. The van der Waals surface area contributed by atoms with Crippen LogP contribution < -0.4 is 5.32 Å². The van der Waals surface area contributed by atoms with Crippen LogP contribution in [0.15, 0.2) is 0 Å². The Kier molecular flexibility index (Phi) is 6.60. The van der Waals surface area contributed by atoms with Crippen LogP contribution >= 0.6 is 0 Å². The van der Waals surface area contributed by atoms with Gasteiger partial charge in [-0.1, -0.05) is 0 Å². The standard InChI is InChI=1S/C13H26N2O3/c1-10(2)15(7-8-17-3)9-12(13(16)18-4)14-11-5-6-11/h10-12,14H,5-9H2,1-4H3. The van der Waals surface area contributed by atoms with Gasteiger partial charge in [-0.15, -0.1) is 0 Å². The molecule has 1 aliphatic carbocycles. The Bertz CT molecular complexity index is 255. The predicted octanol–water partition coefficient (Wildman–Crippen LogP) is 0.637. The van der Waals surface area contributed by atoms with Crippen molar-refractivity contribution in [2.75, 3.05) is 33.9 Å². The van der Waals surface area contributed by atoms with Crippen LogP contribution in [0.4, 0.5) is 0 Å². The van der Waals surface area contributed by atoms with Crippen molar-refractivity contribution in [1.82, 2.24) is 10.2 Å². The van der Waals surface area contributed by atoms with E-state index in [1.165, 1.54) is 7.11 Å². The summed E-state index contributed by atoms with van der Waals surface area (Å²) in [6.07, 6.45) is 2.32. The van der Waals surface area contributed by atoms with E-state index in [2.05, 4.69) is 24.1 Å². The van der Waals surface area contributed by atoms with Gasteiger partial charge in [-0.25, -0.2) is 0 Å². The number of nitrogens with one attached hydrogen (secondary N) is 1. The van der Waals surface area contributed by atoms with Gasteiger partial charge in [-0.2, -0.15) is 0 Å². The maximum Gasteiger partial charge on any atom is 0.324 e. The third-order valence-electron chi connectivity index (χ3n) is 3.23. The molecule has 1 rings (SSSR count). The fourth-order valence-electron chi connectivity index (χ4n) is 1.88. The number of nitrogens with zero attached hydrogens (tertiary/aromatic N) is 1. The number of hydrogen-bond donors (Lipinski definition) is 1. The first kappa shape index (κ1) is 15.4. The molecule has 0 radical (unpaired) electrons. The molecule has 1 atom stereocenters. The minimum absolute atomic E-state index is 0.176. The number of rotatable bonds is 9. The van der Waals surface area contributed by atoms with Crippen LogP contribution in [-0.2, 0) is 14.3 Å². The summed E-state index contributed by atoms with van der Waals surface area (Å²) in [4.78, 5) is 14.0. The predicted molar refractivity (Wildman–Crippen MR) is 70.5 cm³/mol. The van der Waals surface area contributed by atoms with Crippen molar-refractivity contribution in [1.29, 1.82) is 0 Å².